The van der Waals surface area contributed by atoms with Crippen molar-refractivity contribution in [3.8, 4) is 0 Å². The quantitative estimate of drug-likeness (QED) is 0.919. The third kappa shape index (κ3) is 2.68. The van der Waals surface area contributed by atoms with Crippen LogP contribution in [0.15, 0.2) is 42.5 Å². The van der Waals surface area contributed by atoms with Gasteiger partial charge >= 0.3 is 0 Å². The third-order valence-electron chi connectivity index (χ3n) is 6.22. The maximum absolute atomic E-state index is 10.8. The Kier molecular flexibility index (Phi) is 3.98. The molecule has 0 aliphatic carbocycles. The molecule has 1 atom stereocenters. The number of hydrogen-bond acceptors (Lipinski definition) is 2. The van der Waals surface area contributed by atoms with E-state index >= 15 is 0 Å². The molecule has 24 heavy (non-hydrogen) atoms. The first-order valence-electron chi connectivity index (χ1n) is 9.15. The normalized spacial score (nSPS) is 27.2. The van der Waals surface area contributed by atoms with Crippen LogP contribution in [0.1, 0.15) is 53.2 Å². The molecule has 0 radical (unpaired) electrons. The molecule has 2 heteroatoms. The minimum atomic E-state index is -0.539. The summed E-state index contributed by atoms with van der Waals surface area (Å²) in [7, 11) is 0. The smallest absolute Gasteiger partial charge is 0.104 e. The van der Waals surface area contributed by atoms with Crippen molar-refractivity contribution in [1.82, 2.24) is 4.90 Å². The van der Waals surface area contributed by atoms with E-state index in [0.717, 1.165) is 11.1 Å². The Morgan fingerprint density at radius 2 is 1.58 bits per heavy atom. The van der Waals surface area contributed by atoms with Crippen molar-refractivity contribution in [2.24, 2.45) is 0 Å². The number of fused-ring (bicyclic) bond motifs is 3. The van der Waals surface area contributed by atoms with Gasteiger partial charge in [-0.3, -0.25) is 0 Å². The van der Waals surface area contributed by atoms with Crippen molar-refractivity contribution in [3.63, 3.8) is 0 Å². The van der Waals surface area contributed by atoms with Crippen LogP contribution in [-0.4, -0.2) is 29.6 Å². The van der Waals surface area contributed by atoms with E-state index in [-0.39, 0.29) is 0 Å². The highest BCUT2D eigenvalue weighted by Gasteiger charge is 2.41. The topological polar surface area (TPSA) is 23.5 Å². The lowest BCUT2D eigenvalue weighted by Gasteiger charge is -2.49. The number of aryl methyl sites for hydroxylation is 2. The van der Waals surface area contributed by atoms with Gasteiger partial charge in [0.2, 0.25) is 0 Å². The Bertz CT molecular complexity index is 730. The van der Waals surface area contributed by atoms with Crippen LogP contribution < -0.4 is 0 Å². The van der Waals surface area contributed by atoms with Crippen molar-refractivity contribution in [2.75, 3.05) is 19.6 Å². The molecule has 2 bridgehead atoms. The summed E-state index contributed by atoms with van der Waals surface area (Å²) in [5, 5.41) is 10.8. The first-order valence-corrected chi connectivity index (χ1v) is 9.15. The molecule has 1 unspecified atom stereocenters. The van der Waals surface area contributed by atoms with Crippen LogP contribution in [0.2, 0.25) is 0 Å². The van der Waals surface area contributed by atoms with Gasteiger partial charge in [-0.05, 0) is 80.4 Å². The SMILES string of the molecule is Cc1cccc(C(O)c2ccc(C34CCN(CC3)CC4)c(C)c2)c1. The number of piperidine rings is 3. The minimum absolute atomic E-state index is 0.381. The zero-order chi connectivity index (χ0) is 16.7. The van der Waals surface area contributed by atoms with E-state index < -0.39 is 6.10 Å². The molecule has 0 spiro atoms. The van der Waals surface area contributed by atoms with E-state index in [4.69, 9.17) is 0 Å². The summed E-state index contributed by atoms with van der Waals surface area (Å²) in [6.07, 6.45) is 3.32. The summed E-state index contributed by atoms with van der Waals surface area (Å²) in [6, 6.07) is 14.8. The van der Waals surface area contributed by atoms with Gasteiger partial charge in [-0.25, -0.2) is 0 Å². The summed E-state index contributed by atoms with van der Waals surface area (Å²) in [4.78, 5) is 2.59. The second-order valence-electron chi connectivity index (χ2n) is 7.76. The molecular formula is C22H27NO. The van der Waals surface area contributed by atoms with Crippen LogP contribution in [0.5, 0.6) is 0 Å². The molecule has 0 amide bonds. The largest absolute Gasteiger partial charge is 0.384 e. The highest BCUT2D eigenvalue weighted by Crippen LogP contribution is 2.44. The van der Waals surface area contributed by atoms with E-state index in [1.807, 2.05) is 12.1 Å². The van der Waals surface area contributed by atoms with Crippen molar-refractivity contribution in [3.05, 3.63) is 70.3 Å². The standard InChI is InChI=1S/C22H27NO/c1-16-4-3-5-18(14-16)21(24)19-6-7-20(17(2)15-19)22-8-11-23(12-9-22)13-10-22/h3-7,14-15,21,24H,8-13H2,1-2H3. The second kappa shape index (κ2) is 6.02. The number of aliphatic hydroxyl groups excluding tert-OH is 1. The Morgan fingerprint density at radius 1 is 0.917 bits per heavy atom. The van der Waals surface area contributed by atoms with Crippen molar-refractivity contribution < 1.29 is 5.11 Å². The zero-order valence-corrected chi connectivity index (χ0v) is 14.8. The molecule has 3 aliphatic rings. The van der Waals surface area contributed by atoms with E-state index in [1.165, 1.54) is 55.6 Å². The van der Waals surface area contributed by atoms with Gasteiger partial charge in [-0.15, -0.1) is 0 Å². The van der Waals surface area contributed by atoms with Crippen LogP contribution in [0, 0.1) is 13.8 Å². The number of rotatable bonds is 3. The summed E-state index contributed by atoms with van der Waals surface area (Å²) in [6.45, 7) is 8.02. The lowest BCUT2D eigenvalue weighted by molar-refractivity contribution is 0.0813. The van der Waals surface area contributed by atoms with E-state index in [2.05, 4.69) is 49.1 Å². The summed E-state index contributed by atoms with van der Waals surface area (Å²) >= 11 is 0. The maximum atomic E-state index is 10.8. The summed E-state index contributed by atoms with van der Waals surface area (Å²) < 4.78 is 0. The minimum Gasteiger partial charge on any atom is -0.384 e. The molecule has 2 aromatic carbocycles. The molecule has 0 aromatic heterocycles. The van der Waals surface area contributed by atoms with Gasteiger partial charge < -0.3 is 10.0 Å². The van der Waals surface area contributed by atoms with Gasteiger partial charge in [0.05, 0.1) is 0 Å². The Hall–Kier alpha value is -1.64. The van der Waals surface area contributed by atoms with Gasteiger partial charge in [0, 0.05) is 0 Å². The molecule has 2 nitrogen and oxygen atoms in total. The van der Waals surface area contributed by atoms with Crippen LogP contribution in [-0.2, 0) is 5.41 Å². The van der Waals surface area contributed by atoms with E-state index in [0.29, 0.717) is 5.41 Å². The summed E-state index contributed by atoms with van der Waals surface area (Å²) in [5.74, 6) is 0. The molecule has 0 saturated carbocycles. The molecule has 3 heterocycles. The van der Waals surface area contributed by atoms with Crippen molar-refractivity contribution in [1.29, 1.82) is 0 Å². The van der Waals surface area contributed by atoms with E-state index in [9.17, 15) is 5.11 Å². The fourth-order valence-corrected chi connectivity index (χ4v) is 4.72. The lowest BCUT2D eigenvalue weighted by atomic mass is 9.66. The fourth-order valence-electron chi connectivity index (χ4n) is 4.72. The maximum Gasteiger partial charge on any atom is 0.104 e. The zero-order valence-electron chi connectivity index (χ0n) is 14.8. The molecule has 3 fully saturated rings. The highest BCUT2D eigenvalue weighted by atomic mass is 16.3. The van der Waals surface area contributed by atoms with Crippen molar-refractivity contribution >= 4 is 0 Å². The number of aliphatic hydroxyl groups is 1. The van der Waals surface area contributed by atoms with E-state index in [1.54, 1.807) is 0 Å². The van der Waals surface area contributed by atoms with Gasteiger partial charge in [0.1, 0.15) is 6.10 Å². The number of hydrogen-bond donors (Lipinski definition) is 1. The Balaban J connectivity index is 1.65. The predicted octanol–water partition coefficient (Wildman–Crippen LogP) is 4.12. The summed E-state index contributed by atoms with van der Waals surface area (Å²) in [5.41, 5.74) is 6.41. The fraction of sp³-hybridized carbons (Fsp3) is 0.455. The second-order valence-corrected chi connectivity index (χ2v) is 7.76. The van der Waals surface area contributed by atoms with Crippen LogP contribution in [0.4, 0.5) is 0 Å². The molecule has 126 valence electrons. The third-order valence-corrected chi connectivity index (χ3v) is 6.22. The van der Waals surface area contributed by atoms with Crippen LogP contribution in [0.25, 0.3) is 0 Å². The van der Waals surface area contributed by atoms with Gasteiger partial charge in [-0.2, -0.15) is 0 Å². The number of benzene rings is 2. The highest BCUT2D eigenvalue weighted by molar-refractivity contribution is 5.41. The molecule has 2 aromatic rings. The monoisotopic (exact) mass is 321 g/mol. The molecule has 3 saturated heterocycles. The first kappa shape index (κ1) is 15.9. The Labute approximate surface area is 145 Å². The first-order chi connectivity index (χ1) is 11.6. The number of nitrogens with zero attached hydrogens (tertiary/aromatic N) is 1. The molecule has 1 N–H and O–H groups in total. The average molecular weight is 321 g/mol. The van der Waals surface area contributed by atoms with Gasteiger partial charge in [0.25, 0.3) is 0 Å². The molecule has 5 rings (SSSR count). The van der Waals surface area contributed by atoms with Gasteiger partial charge in [0.15, 0.2) is 0 Å². The lowest BCUT2D eigenvalue weighted by Crippen LogP contribution is -2.50. The predicted molar refractivity (Wildman–Crippen MR) is 98.4 cm³/mol. The average Bonchev–Trinajstić information content (AvgIpc) is 2.62. The molecule has 3 aliphatic heterocycles. The Morgan fingerprint density at radius 3 is 2.21 bits per heavy atom. The molecular weight excluding hydrogens is 294 g/mol. The van der Waals surface area contributed by atoms with Gasteiger partial charge in [-0.1, -0.05) is 48.0 Å². The van der Waals surface area contributed by atoms with Crippen molar-refractivity contribution in [2.45, 2.75) is 44.6 Å². The van der Waals surface area contributed by atoms with Crippen LogP contribution >= 0.6 is 0 Å². The van der Waals surface area contributed by atoms with Crippen LogP contribution in [0.3, 0.4) is 0 Å².